The molecule has 11 heavy (non-hydrogen) atoms. The van der Waals surface area contributed by atoms with Gasteiger partial charge in [-0.1, -0.05) is 6.92 Å². The van der Waals surface area contributed by atoms with Crippen molar-refractivity contribution < 1.29 is 0 Å². The second-order valence-electron chi connectivity index (χ2n) is 3.78. The second kappa shape index (κ2) is 2.07. The maximum Gasteiger partial charge on any atom is 0.0465 e. The Hall–Kier alpha value is -0.850. The highest BCUT2D eigenvalue weighted by Crippen LogP contribution is 2.46. The number of aromatic nitrogens is 1. The lowest BCUT2D eigenvalue weighted by Gasteiger charge is -2.06. The normalized spacial score (nSPS) is 19.8. The van der Waals surface area contributed by atoms with Crippen molar-refractivity contribution in [1.29, 1.82) is 0 Å². The van der Waals surface area contributed by atoms with Gasteiger partial charge in [0.25, 0.3) is 0 Å². The van der Waals surface area contributed by atoms with Gasteiger partial charge in [0, 0.05) is 17.3 Å². The van der Waals surface area contributed by atoms with Crippen molar-refractivity contribution in [2.75, 3.05) is 0 Å². The van der Waals surface area contributed by atoms with E-state index in [4.69, 9.17) is 0 Å². The van der Waals surface area contributed by atoms with Crippen LogP contribution in [0.4, 0.5) is 0 Å². The lowest BCUT2D eigenvalue weighted by atomic mass is 10.0. The molecule has 1 heteroatoms. The molecular weight excluding hydrogens is 134 g/mol. The molecule has 0 spiro atoms. The number of nitrogens with zero attached hydrogens (tertiary/aromatic N) is 1. The van der Waals surface area contributed by atoms with Crippen LogP contribution in [-0.2, 0) is 5.41 Å². The van der Waals surface area contributed by atoms with Crippen LogP contribution in [-0.4, -0.2) is 4.98 Å². The largest absolute Gasteiger partial charge is 0.261 e. The highest BCUT2D eigenvalue weighted by molar-refractivity contribution is 5.26. The molecule has 1 fully saturated rings. The van der Waals surface area contributed by atoms with Crippen LogP contribution >= 0.6 is 0 Å². The van der Waals surface area contributed by atoms with Crippen molar-refractivity contribution in [2.45, 2.75) is 32.1 Å². The van der Waals surface area contributed by atoms with Gasteiger partial charge in [-0.3, -0.25) is 4.98 Å². The molecule has 0 N–H and O–H groups in total. The predicted molar refractivity (Wildman–Crippen MR) is 45.6 cm³/mol. The zero-order valence-electron chi connectivity index (χ0n) is 7.09. The third-order valence-corrected chi connectivity index (χ3v) is 2.53. The Morgan fingerprint density at radius 1 is 1.45 bits per heavy atom. The Labute approximate surface area is 67.5 Å². The van der Waals surface area contributed by atoms with E-state index in [9.17, 15) is 0 Å². The molecule has 0 aromatic carbocycles. The van der Waals surface area contributed by atoms with E-state index in [1.165, 1.54) is 24.1 Å². The zero-order valence-corrected chi connectivity index (χ0v) is 7.09. The van der Waals surface area contributed by atoms with Crippen LogP contribution in [0, 0.1) is 6.92 Å². The van der Waals surface area contributed by atoms with Crippen LogP contribution in [0.2, 0.25) is 0 Å². The first-order chi connectivity index (χ1) is 5.21. The van der Waals surface area contributed by atoms with Crippen LogP contribution in [0.5, 0.6) is 0 Å². The first-order valence-electron chi connectivity index (χ1n) is 4.14. The molecule has 0 atom stereocenters. The van der Waals surface area contributed by atoms with Crippen LogP contribution in [0.15, 0.2) is 18.3 Å². The summed E-state index contributed by atoms with van der Waals surface area (Å²) in [5.74, 6) is 0. The summed E-state index contributed by atoms with van der Waals surface area (Å²) in [6.07, 6.45) is 4.53. The highest BCUT2D eigenvalue weighted by atomic mass is 14.7. The monoisotopic (exact) mass is 147 g/mol. The van der Waals surface area contributed by atoms with Crippen molar-refractivity contribution in [2.24, 2.45) is 0 Å². The van der Waals surface area contributed by atoms with Gasteiger partial charge in [0.1, 0.15) is 0 Å². The maximum absolute atomic E-state index is 4.37. The topological polar surface area (TPSA) is 12.9 Å². The smallest absolute Gasteiger partial charge is 0.0465 e. The minimum Gasteiger partial charge on any atom is -0.261 e. The Morgan fingerprint density at radius 3 is 2.73 bits per heavy atom. The fraction of sp³-hybridized carbons (Fsp3) is 0.500. The maximum atomic E-state index is 4.37. The van der Waals surface area contributed by atoms with E-state index < -0.39 is 0 Å². The molecule has 58 valence electrons. The summed E-state index contributed by atoms with van der Waals surface area (Å²) in [4.78, 5) is 4.37. The molecule has 0 bridgehead atoms. The molecule has 0 saturated heterocycles. The van der Waals surface area contributed by atoms with Crippen molar-refractivity contribution in [1.82, 2.24) is 4.98 Å². The predicted octanol–water partition coefficient (Wildman–Crippen LogP) is 2.44. The zero-order chi connectivity index (χ0) is 7.90. The fourth-order valence-electron chi connectivity index (χ4n) is 1.31. The Balaban J connectivity index is 2.38. The minimum absolute atomic E-state index is 0.423. The molecule has 1 aromatic heterocycles. The van der Waals surface area contributed by atoms with Gasteiger partial charge in [-0.2, -0.15) is 0 Å². The summed E-state index contributed by atoms with van der Waals surface area (Å²) in [6.45, 7) is 4.41. The summed E-state index contributed by atoms with van der Waals surface area (Å²) in [6, 6.07) is 4.25. The first kappa shape index (κ1) is 6.84. The molecule has 0 unspecified atom stereocenters. The van der Waals surface area contributed by atoms with Crippen molar-refractivity contribution in [3.05, 3.63) is 29.6 Å². The average molecular weight is 147 g/mol. The summed E-state index contributed by atoms with van der Waals surface area (Å²) in [7, 11) is 0. The van der Waals surface area contributed by atoms with E-state index in [1.54, 1.807) is 0 Å². The number of rotatable bonds is 1. The summed E-state index contributed by atoms with van der Waals surface area (Å²) >= 11 is 0. The van der Waals surface area contributed by atoms with Crippen LogP contribution in [0.3, 0.4) is 0 Å². The third-order valence-electron chi connectivity index (χ3n) is 2.53. The molecule has 0 radical (unpaired) electrons. The molecule has 1 heterocycles. The van der Waals surface area contributed by atoms with Gasteiger partial charge < -0.3 is 0 Å². The van der Waals surface area contributed by atoms with E-state index in [2.05, 4.69) is 31.0 Å². The molecule has 0 aliphatic heterocycles. The summed E-state index contributed by atoms with van der Waals surface area (Å²) < 4.78 is 0. The van der Waals surface area contributed by atoms with E-state index in [0.717, 1.165) is 0 Å². The SMILES string of the molecule is Cc1ccnc(C2(C)CC2)c1. The highest BCUT2D eigenvalue weighted by Gasteiger charge is 2.40. The van der Waals surface area contributed by atoms with Gasteiger partial charge in [-0.05, 0) is 37.5 Å². The standard InChI is InChI=1S/C10H13N/c1-8-3-6-11-9(7-8)10(2)4-5-10/h3,6-7H,4-5H2,1-2H3. The minimum atomic E-state index is 0.423. The van der Waals surface area contributed by atoms with Crippen molar-refractivity contribution >= 4 is 0 Å². The van der Waals surface area contributed by atoms with Gasteiger partial charge in [0.2, 0.25) is 0 Å². The third kappa shape index (κ3) is 1.15. The van der Waals surface area contributed by atoms with Crippen LogP contribution < -0.4 is 0 Å². The molecule has 1 aliphatic rings. The molecule has 1 saturated carbocycles. The van der Waals surface area contributed by atoms with Crippen molar-refractivity contribution in [3.63, 3.8) is 0 Å². The van der Waals surface area contributed by atoms with Gasteiger partial charge in [0.15, 0.2) is 0 Å². The van der Waals surface area contributed by atoms with Gasteiger partial charge in [-0.25, -0.2) is 0 Å². The van der Waals surface area contributed by atoms with Crippen LogP contribution in [0.1, 0.15) is 31.0 Å². The lowest BCUT2D eigenvalue weighted by molar-refractivity contribution is 0.748. The summed E-state index contributed by atoms with van der Waals surface area (Å²) in [5.41, 5.74) is 3.02. The second-order valence-corrected chi connectivity index (χ2v) is 3.78. The van der Waals surface area contributed by atoms with Gasteiger partial charge in [-0.15, -0.1) is 0 Å². The number of pyridine rings is 1. The average Bonchev–Trinajstić information content (AvgIpc) is 2.70. The quantitative estimate of drug-likeness (QED) is 0.594. The first-order valence-corrected chi connectivity index (χ1v) is 4.14. The number of aryl methyl sites for hydroxylation is 1. The molecule has 1 aromatic rings. The van der Waals surface area contributed by atoms with Crippen LogP contribution in [0.25, 0.3) is 0 Å². The molecular formula is C10H13N. The van der Waals surface area contributed by atoms with Crippen molar-refractivity contribution in [3.8, 4) is 0 Å². The lowest BCUT2D eigenvalue weighted by Crippen LogP contribution is -2.02. The number of hydrogen-bond donors (Lipinski definition) is 0. The molecule has 1 aliphatic carbocycles. The van der Waals surface area contributed by atoms with E-state index in [0.29, 0.717) is 5.41 Å². The fourth-order valence-corrected chi connectivity index (χ4v) is 1.31. The molecule has 1 nitrogen and oxygen atoms in total. The van der Waals surface area contributed by atoms with E-state index >= 15 is 0 Å². The van der Waals surface area contributed by atoms with Gasteiger partial charge >= 0.3 is 0 Å². The Bertz CT molecular complexity index is 274. The molecule has 2 rings (SSSR count). The Morgan fingerprint density at radius 2 is 2.18 bits per heavy atom. The molecule has 0 amide bonds. The van der Waals surface area contributed by atoms with Gasteiger partial charge in [0.05, 0.1) is 0 Å². The Kier molecular flexibility index (Phi) is 1.28. The number of hydrogen-bond acceptors (Lipinski definition) is 1. The summed E-state index contributed by atoms with van der Waals surface area (Å²) in [5, 5.41) is 0. The van der Waals surface area contributed by atoms with E-state index in [1.807, 2.05) is 6.20 Å². The van der Waals surface area contributed by atoms with E-state index in [-0.39, 0.29) is 0 Å².